The minimum Gasteiger partial charge on any atom is -0.385 e. The van der Waals surface area contributed by atoms with Gasteiger partial charge in [-0.25, -0.2) is 8.78 Å². The van der Waals surface area contributed by atoms with E-state index < -0.39 is 29.7 Å². The predicted octanol–water partition coefficient (Wildman–Crippen LogP) is 3.68. The monoisotopic (exact) mass is 451 g/mol. The number of hydrogen-bond donors (Lipinski definition) is 1. The molecule has 1 amide bonds. The van der Waals surface area contributed by atoms with Crippen LogP contribution in [-0.2, 0) is 9.63 Å². The summed E-state index contributed by atoms with van der Waals surface area (Å²) in [4.78, 5) is 28.3. The molecule has 2 aromatic carbocycles. The van der Waals surface area contributed by atoms with E-state index in [1.165, 1.54) is 18.3 Å². The fourth-order valence-electron chi connectivity index (χ4n) is 2.62. The number of oxime groups is 1. The number of nitrogens with two attached hydrogens (primary N) is 1. The van der Waals surface area contributed by atoms with E-state index in [0.717, 1.165) is 16.7 Å². The van der Waals surface area contributed by atoms with Crippen molar-refractivity contribution in [1.29, 1.82) is 0 Å². The van der Waals surface area contributed by atoms with Crippen molar-refractivity contribution in [2.24, 2.45) is 10.9 Å². The topological polar surface area (TPSA) is 86.7 Å². The van der Waals surface area contributed by atoms with Crippen molar-refractivity contribution < 1.29 is 18.4 Å². The van der Waals surface area contributed by atoms with Crippen LogP contribution in [0.2, 0.25) is 10.0 Å². The first-order chi connectivity index (χ1) is 14.3. The van der Waals surface area contributed by atoms with Crippen LogP contribution in [0.5, 0.6) is 0 Å². The van der Waals surface area contributed by atoms with Gasteiger partial charge >= 0.3 is 0 Å². The number of aromatic nitrogens is 1. The molecule has 2 N–H and O–H groups in total. The molecule has 30 heavy (non-hydrogen) atoms. The van der Waals surface area contributed by atoms with Crippen LogP contribution >= 0.6 is 23.2 Å². The number of hydrogen-bond acceptors (Lipinski definition) is 4. The van der Waals surface area contributed by atoms with E-state index >= 15 is 0 Å². The van der Waals surface area contributed by atoms with Crippen LogP contribution in [0.15, 0.2) is 64.7 Å². The zero-order valence-corrected chi connectivity index (χ0v) is 16.6. The number of pyridine rings is 1. The average Bonchev–Trinajstić information content (AvgIpc) is 2.67. The molecule has 3 rings (SSSR count). The summed E-state index contributed by atoms with van der Waals surface area (Å²) < 4.78 is 28.9. The summed E-state index contributed by atoms with van der Waals surface area (Å²) in [6.07, 6.45) is 1.32. The fourth-order valence-corrected chi connectivity index (χ4v) is 3.20. The van der Waals surface area contributed by atoms with Crippen LogP contribution in [0, 0.1) is 11.6 Å². The zero-order chi connectivity index (χ0) is 21.8. The highest BCUT2D eigenvalue weighted by atomic mass is 35.5. The van der Waals surface area contributed by atoms with E-state index in [1.807, 2.05) is 0 Å². The number of carbonyl (C=O) groups excluding carboxylic acids is 1. The Morgan fingerprint density at radius 2 is 1.80 bits per heavy atom. The highest BCUT2D eigenvalue weighted by molar-refractivity contribution is 6.37. The lowest BCUT2D eigenvalue weighted by molar-refractivity contribution is -0.122. The largest absolute Gasteiger partial charge is 0.385 e. The van der Waals surface area contributed by atoms with Crippen molar-refractivity contribution in [3.8, 4) is 5.69 Å². The molecular weight excluding hydrogens is 439 g/mol. The van der Waals surface area contributed by atoms with Gasteiger partial charge in [0.05, 0.1) is 15.7 Å². The molecule has 0 unspecified atom stereocenters. The van der Waals surface area contributed by atoms with Gasteiger partial charge in [0, 0.05) is 29.5 Å². The molecule has 0 atom stereocenters. The Bertz CT molecular complexity index is 1190. The predicted molar refractivity (Wildman–Crippen MR) is 109 cm³/mol. The minimum absolute atomic E-state index is 0.106. The summed E-state index contributed by atoms with van der Waals surface area (Å²) in [5, 5.41) is 4.19. The second kappa shape index (κ2) is 9.06. The molecule has 6 nitrogen and oxygen atoms in total. The van der Waals surface area contributed by atoms with E-state index in [4.69, 9.17) is 33.8 Å². The average molecular weight is 452 g/mol. The number of benzene rings is 2. The molecule has 0 spiro atoms. The highest BCUT2D eigenvalue weighted by Gasteiger charge is 2.17. The van der Waals surface area contributed by atoms with Crippen LogP contribution in [0.1, 0.15) is 11.1 Å². The quantitative estimate of drug-likeness (QED) is 0.458. The maximum absolute atomic E-state index is 14.4. The van der Waals surface area contributed by atoms with Crippen LogP contribution in [0.25, 0.3) is 5.69 Å². The summed E-state index contributed by atoms with van der Waals surface area (Å²) >= 11 is 12.4. The molecule has 0 aliphatic heterocycles. The van der Waals surface area contributed by atoms with Crippen molar-refractivity contribution >= 4 is 34.8 Å². The van der Waals surface area contributed by atoms with Crippen LogP contribution in [0.4, 0.5) is 8.78 Å². The van der Waals surface area contributed by atoms with Crippen molar-refractivity contribution in [3.63, 3.8) is 0 Å². The SMILES string of the molecule is NC(=O)CON=C(c1ccc(=O)n(-c2c(Cl)cccc2Cl)c1)c1ccc(F)cc1F. The van der Waals surface area contributed by atoms with Gasteiger partial charge in [-0.15, -0.1) is 0 Å². The third-order valence-corrected chi connectivity index (χ3v) is 4.52. The van der Waals surface area contributed by atoms with Crippen LogP contribution < -0.4 is 11.3 Å². The van der Waals surface area contributed by atoms with Gasteiger partial charge in [0.2, 0.25) is 0 Å². The summed E-state index contributed by atoms with van der Waals surface area (Å²) in [7, 11) is 0. The van der Waals surface area contributed by atoms with E-state index in [0.29, 0.717) is 6.07 Å². The van der Waals surface area contributed by atoms with Gasteiger partial charge in [0.25, 0.3) is 11.5 Å². The van der Waals surface area contributed by atoms with Crippen LogP contribution in [0.3, 0.4) is 0 Å². The Hall–Kier alpha value is -3.23. The summed E-state index contributed by atoms with van der Waals surface area (Å²) in [6, 6.07) is 10.1. The minimum atomic E-state index is -0.926. The molecule has 3 aromatic rings. The number of para-hydroxylation sites is 1. The lowest BCUT2D eigenvalue weighted by atomic mass is 10.0. The molecular formula is C20H13Cl2F2N3O3. The number of primary amides is 1. The Balaban J connectivity index is 2.19. The van der Waals surface area contributed by atoms with Crippen molar-refractivity contribution in [2.45, 2.75) is 0 Å². The Labute approximate surface area is 179 Å². The smallest absolute Gasteiger partial charge is 0.258 e. The molecule has 1 heterocycles. The Kier molecular flexibility index (Phi) is 6.49. The molecule has 0 saturated heterocycles. The zero-order valence-electron chi connectivity index (χ0n) is 15.1. The van der Waals surface area contributed by atoms with Gasteiger partial charge in [-0.2, -0.15) is 0 Å². The van der Waals surface area contributed by atoms with E-state index in [1.54, 1.807) is 18.2 Å². The lowest BCUT2D eigenvalue weighted by Crippen LogP contribution is -2.21. The lowest BCUT2D eigenvalue weighted by Gasteiger charge is -2.13. The molecule has 0 radical (unpaired) electrons. The van der Waals surface area contributed by atoms with E-state index in [9.17, 15) is 18.4 Å². The first-order valence-corrected chi connectivity index (χ1v) is 9.14. The van der Waals surface area contributed by atoms with Gasteiger partial charge in [0.15, 0.2) is 6.61 Å². The molecule has 154 valence electrons. The Morgan fingerprint density at radius 3 is 2.43 bits per heavy atom. The van der Waals surface area contributed by atoms with Crippen molar-refractivity contribution in [2.75, 3.05) is 6.61 Å². The molecule has 0 aliphatic carbocycles. The summed E-state index contributed by atoms with van der Waals surface area (Å²) in [5.41, 5.74) is 4.75. The van der Waals surface area contributed by atoms with Gasteiger partial charge in [0.1, 0.15) is 17.3 Å². The fraction of sp³-hybridized carbons (Fsp3) is 0.0500. The van der Waals surface area contributed by atoms with E-state index in [2.05, 4.69) is 5.16 Å². The van der Waals surface area contributed by atoms with Gasteiger partial charge in [-0.3, -0.25) is 14.2 Å². The molecule has 0 aliphatic rings. The van der Waals surface area contributed by atoms with Crippen molar-refractivity contribution in [1.82, 2.24) is 4.57 Å². The molecule has 0 fully saturated rings. The Morgan fingerprint density at radius 1 is 1.10 bits per heavy atom. The van der Waals surface area contributed by atoms with Gasteiger partial charge < -0.3 is 10.6 Å². The third kappa shape index (κ3) is 4.67. The summed E-state index contributed by atoms with van der Waals surface area (Å²) in [5.74, 6) is -2.52. The highest BCUT2D eigenvalue weighted by Crippen LogP contribution is 2.27. The van der Waals surface area contributed by atoms with E-state index in [-0.39, 0.29) is 32.6 Å². The third-order valence-electron chi connectivity index (χ3n) is 3.91. The maximum atomic E-state index is 14.4. The second-order valence-electron chi connectivity index (χ2n) is 6.00. The first kappa shape index (κ1) is 21.5. The second-order valence-corrected chi connectivity index (χ2v) is 6.81. The van der Waals surface area contributed by atoms with Gasteiger partial charge in [-0.1, -0.05) is 34.4 Å². The standard InChI is InChI=1S/C20H13Cl2F2N3O3/c21-14-2-1-3-15(22)20(14)27-9-11(4-7-18(27)29)19(26-30-10-17(25)28)13-6-5-12(23)8-16(13)24/h1-9H,10H2,(H2,25,28). The number of halogens is 4. The number of rotatable bonds is 6. The number of amides is 1. The maximum Gasteiger partial charge on any atom is 0.258 e. The molecule has 10 heteroatoms. The molecule has 0 bridgehead atoms. The number of nitrogens with zero attached hydrogens (tertiary/aromatic N) is 2. The normalized spacial score (nSPS) is 11.4. The first-order valence-electron chi connectivity index (χ1n) is 8.39. The summed E-state index contributed by atoms with van der Waals surface area (Å²) in [6.45, 7) is -0.567. The van der Waals surface area contributed by atoms with Crippen molar-refractivity contribution in [3.05, 3.63) is 97.9 Å². The molecule has 0 saturated carbocycles. The van der Waals surface area contributed by atoms with Crippen LogP contribution in [-0.4, -0.2) is 22.8 Å². The molecule has 1 aromatic heterocycles. The van der Waals surface area contributed by atoms with Gasteiger partial charge in [-0.05, 0) is 30.3 Å². The number of carbonyl (C=O) groups is 1.